The molecule has 0 saturated heterocycles. The van der Waals surface area contributed by atoms with Crippen molar-refractivity contribution < 1.29 is 9.53 Å². The van der Waals surface area contributed by atoms with E-state index in [0.717, 1.165) is 19.4 Å². The van der Waals surface area contributed by atoms with Crippen molar-refractivity contribution in [2.24, 2.45) is 5.41 Å². The predicted octanol–water partition coefficient (Wildman–Crippen LogP) is 1.96. The maximum absolute atomic E-state index is 11.3. The number of hydrogen-bond acceptors (Lipinski definition) is 3. The highest BCUT2D eigenvalue weighted by molar-refractivity contribution is 5.75. The van der Waals surface area contributed by atoms with Gasteiger partial charge in [0.1, 0.15) is 6.04 Å². The Morgan fingerprint density at radius 3 is 2.36 bits per heavy atom. The van der Waals surface area contributed by atoms with Gasteiger partial charge in [-0.15, -0.1) is 0 Å². The van der Waals surface area contributed by atoms with E-state index in [4.69, 9.17) is 4.74 Å². The molecule has 3 nitrogen and oxygen atoms in total. The second-order valence-electron chi connectivity index (χ2n) is 4.38. The molecule has 14 heavy (non-hydrogen) atoms. The highest BCUT2D eigenvalue weighted by Crippen LogP contribution is 2.18. The minimum Gasteiger partial charge on any atom is -0.468 e. The van der Waals surface area contributed by atoms with Gasteiger partial charge in [-0.3, -0.25) is 4.79 Å². The second-order valence-corrected chi connectivity index (χ2v) is 4.38. The summed E-state index contributed by atoms with van der Waals surface area (Å²) in [5.74, 6) is -0.167. The van der Waals surface area contributed by atoms with Crippen molar-refractivity contribution in [2.75, 3.05) is 13.7 Å². The van der Waals surface area contributed by atoms with Crippen LogP contribution in [-0.2, 0) is 9.53 Å². The first-order chi connectivity index (χ1) is 6.46. The Labute approximate surface area is 87.2 Å². The van der Waals surface area contributed by atoms with Gasteiger partial charge in [0, 0.05) is 6.54 Å². The molecule has 0 aliphatic heterocycles. The van der Waals surface area contributed by atoms with Crippen LogP contribution < -0.4 is 5.32 Å². The molecule has 1 N–H and O–H groups in total. The van der Waals surface area contributed by atoms with Gasteiger partial charge in [-0.05, 0) is 18.3 Å². The molecule has 0 aromatic carbocycles. The molecule has 0 spiro atoms. The van der Waals surface area contributed by atoms with E-state index in [2.05, 4.69) is 26.1 Å². The molecule has 84 valence electrons. The highest BCUT2D eigenvalue weighted by Gasteiger charge is 2.21. The van der Waals surface area contributed by atoms with Gasteiger partial charge in [-0.1, -0.05) is 27.7 Å². The van der Waals surface area contributed by atoms with Crippen LogP contribution in [0, 0.1) is 5.41 Å². The van der Waals surface area contributed by atoms with E-state index in [9.17, 15) is 4.79 Å². The third-order valence-electron chi connectivity index (χ3n) is 2.68. The van der Waals surface area contributed by atoms with Crippen LogP contribution in [0.3, 0.4) is 0 Å². The van der Waals surface area contributed by atoms with Gasteiger partial charge in [-0.2, -0.15) is 0 Å². The quantitative estimate of drug-likeness (QED) is 0.668. The molecule has 0 fully saturated rings. The fourth-order valence-electron chi connectivity index (χ4n) is 1.06. The van der Waals surface area contributed by atoms with Crippen LogP contribution in [0.5, 0.6) is 0 Å². The fraction of sp³-hybridized carbons (Fsp3) is 0.909. The van der Waals surface area contributed by atoms with E-state index < -0.39 is 0 Å². The largest absolute Gasteiger partial charge is 0.468 e. The Morgan fingerprint density at radius 1 is 1.43 bits per heavy atom. The number of esters is 1. The van der Waals surface area contributed by atoms with Crippen molar-refractivity contribution in [1.82, 2.24) is 5.32 Å². The van der Waals surface area contributed by atoms with Gasteiger partial charge in [0.2, 0.25) is 0 Å². The molecule has 0 bridgehead atoms. The molecule has 0 aromatic heterocycles. The Morgan fingerprint density at radius 2 is 2.00 bits per heavy atom. The molecule has 0 aromatic rings. The Balaban J connectivity index is 4.02. The fourth-order valence-corrected chi connectivity index (χ4v) is 1.06. The lowest BCUT2D eigenvalue weighted by Crippen LogP contribution is -2.41. The summed E-state index contributed by atoms with van der Waals surface area (Å²) in [5, 5.41) is 3.24. The topological polar surface area (TPSA) is 38.3 Å². The van der Waals surface area contributed by atoms with E-state index in [1.807, 2.05) is 6.92 Å². The van der Waals surface area contributed by atoms with Crippen LogP contribution in [0.15, 0.2) is 0 Å². The zero-order valence-electron chi connectivity index (χ0n) is 10.0. The van der Waals surface area contributed by atoms with Crippen LogP contribution in [0.4, 0.5) is 0 Å². The minimum absolute atomic E-state index is 0.161. The zero-order chi connectivity index (χ0) is 11.2. The van der Waals surface area contributed by atoms with Crippen LogP contribution in [0.25, 0.3) is 0 Å². The molecule has 1 unspecified atom stereocenters. The first-order valence-corrected chi connectivity index (χ1v) is 5.28. The lowest BCUT2D eigenvalue weighted by Gasteiger charge is -2.25. The molecule has 0 aliphatic rings. The van der Waals surface area contributed by atoms with Crippen molar-refractivity contribution >= 4 is 5.97 Å². The Kier molecular flexibility index (Phi) is 5.77. The molecule has 3 heteroatoms. The lowest BCUT2D eigenvalue weighted by molar-refractivity contribution is -0.143. The van der Waals surface area contributed by atoms with Crippen molar-refractivity contribution in [3.8, 4) is 0 Å². The van der Waals surface area contributed by atoms with Gasteiger partial charge in [0.25, 0.3) is 0 Å². The normalized spacial score (nSPS) is 13.8. The molecule has 0 rings (SSSR count). The molecule has 0 aliphatic carbocycles. The van der Waals surface area contributed by atoms with E-state index in [0.29, 0.717) is 0 Å². The molecule has 0 radical (unpaired) electrons. The maximum Gasteiger partial charge on any atom is 0.322 e. The van der Waals surface area contributed by atoms with Gasteiger partial charge < -0.3 is 10.1 Å². The average Bonchev–Trinajstić information content (AvgIpc) is 2.18. The summed E-state index contributed by atoms with van der Waals surface area (Å²) in [6.07, 6.45) is 1.87. The molecule has 1 atom stereocenters. The Hall–Kier alpha value is -0.570. The van der Waals surface area contributed by atoms with E-state index in [-0.39, 0.29) is 17.4 Å². The Bertz CT molecular complexity index is 178. The number of carbonyl (C=O) groups is 1. The number of ether oxygens (including phenoxy) is 1. The first kappa shape index (κ1) is 13.4. The highest BCUT2D eigenvalue weighted by atomic mass is 16.5. The van der Waals surface area contributed by atoms with Gasteiger partial charge in [0.15, 0.2) is 0 Å². The first-order valence-electron chi connectivity index (χ1n) is 5.28. The number of carbonyl (C=O) groups excluding carboxylic acids is 1. The third kappa shape index (κ3) is 4.61. The SMILES string of the molecule is CCC(NCC(C)(C)CC)C(=O)OC. The molecule has 0 amide bonds. The standard InChI is InChI=1S/C11H23NO2/c1-6-9(10(13)14-5)12-8-11(3,4)7-2/h9,12H,6-8H2,1-5H3. The van der Waals surface area contributed by atoms with E-state index in [1.165, 1.54) is 7.11 Å². The number of hydrogen-bond donors (Lipinski definition) is 1. The van der Waals surface area contributed by atoms with Gasteiger partial charge >= 0.3 is 5.97 Å². The lowest BCUT2D eigenvalue weighted by atomic mass is 9.90. The minimum atomic E-state index is -0.167. The summed E-state index contributed by atoms with van der Waals surface area (Å²) in [6.45, 7) is 9.35. The number of rotatable bonds is 6. The number of methoxy groups -OCH3 is 1. The maximum atomic E-state index is 11.3. The monoisotopic (exact) mass is 201 g/mol. The molecule has 0 saturated carbocycles. The van der Waals surface area contributed by atoms with Gasteiger partial charge in [0.05, 0.1) is 7.11 Å². The van der Waals surface area contributed by atoms with Crippen LogP contribution in [0.1, 0.15) is 40.5 Å². The van der Waals surface area contributed by atoms with Crippen molar-refractivity contribution in [2.45, 2.75) is 46.6 Å². The summed E-state index contributed by atoms with van der Waals surface area (Å²) in [4.78, 5) is 11.3. The van der Waals surface area contributed by atoms with E-state index in [1.54, 1.807) is 0 Å². The molecular weight excluding hydrogens is 178 g/mol. The summed E-state index contributed by atoms with van der Waals surface area (Å²) in [6, 6.07) is -0.161. The van der Waals surface area contributed by atoms with Crippen LogP contribution in [-0.4, -0.2) is 25.7 Å². The van der Waals surface area contributed by atoms with Crippen molar-refractivity contribution in [1.29, 1.82) is 0 Å². The van der Waals surface area contributed by atoms with Crippen LogP contribution >= 0.6 is 0 Å². The summed E-state index contributed by atoms with van der Waals surface area (Å²) >= 11 is 0. The zero-order valence-corrected chi connectivity index (χ0v) is 10.0. The van der Waals surface area contributed by atoms with Crippen molar-refractivity contribution in [3.63, 3.8) is 0 Å². The smallest absolute Gasteiger partial charge is 0.322 e. The third-order valence-corrected chi connectivity index (χ3v) is 2.68. The summed E-state index contributed by atoms with van der Waals surface area (Å²) in [7, 11) is 1.43. The molecular formula is C11H23NO2. The summed E-state index contributed by atoms with van der Waals surface area (Å²) in [5.41, 5.74) is 0.238. The average molecular weight is 201 g/mol. The predicted molar refractivity (Wildman–Crippen MR) is 58.2 cm³/mol. The van der Waals surface area contributed by atoms with Crippen LogP contribution in [0.2, 0.25) is 0 Å². The number of nitrogens with one attached hydrogen (secondary N) is 1. The second kappa shape index (κ2) is 6.02. The molecule has 0 heterocycles. The van der Waals surface area contributed by atoms with Gasteiger partial charge in [-0.25, -0.2) is 0 Å². The van der Waals surface area contributed by atoms with Crippen molar-refractivity contribution in [3.05, 3.63) is 0 Å². The summed E-state index contributed by atoms with van der Waals surface area (Å²) < 4.78 is 4.70. The van der Waals surface area contributed by atoms with E-state index >= 15 is 0 Å².